The molecule has 0 atom stereocenters. The van der Waals surface area contributed by atoms with Crippen LogP contribution in [0.3, 0.4) is 0 Å². The van der Waals surface area contributed by atoms with Crippen molar-refractivity contribution in [2.75, 3.05) is 0 Å². The Morgan fingerprint density at radius 2 is 1.31 bits per heavy atom. The maximum atomic E-state index is 6.25. The maximum Gasteiger partial charge on any atom is 0.121 e. The van der Waals surface area contributed by atoms with Gasteiger partial charge in [0.2, 0.25) is 0 Å². The van der Waals surface area contributed by atoms with Crippen LogP contribution >= 0.6 is 0 Å². The molecular weight excluding hydrogens is 949 g/mol. The number of nitrogens with zero attached hydrogens (tertiary/aromatic N) is 2. The monoisotopic (exact) mass is 1010 g/mol. The molecular formula is C57H64IrN2OSi-2. The molecule has 0 aliphatic heterocycles. The smallest absolute Gasteiger partial charge is 0.121 e. The van der Waals surface area contributed by atoms with Crippen molar-refractivity contribution in [2.24, 2.45) is 11.8 Å². The van der Waals surface area contributed by atoms with E-state index in [1.165, 1.54) is 123 Å². The number of furan rings is 1. The molecule has 0 bridgehead atoms. The predicted octanol–water partition coefficient (Wildman–Crippen LogP) is 15.3. The SMILES string of the molecule is C[Si](C)(C)c1cnc(-c2[c-]cc(C3CCCCC3)cc2)cc1CC1CCCC1.Cc1cccc(C)c1-c1ccc2c(c1)oc1c[c-]c(-c3cc(CC4CCCC4)ccn3)cc12.[Ir]. The molecule has 0 saturated heterocycles. The van der Waals surface area contributed by atoms with Crippen LogP contribution in [-0.2, 0) is 32.9 Å². The number of rotatable bonds is 9. The van der Waals surface area contributed by atoms with Gasteiger partial charge in [-0.25, -0.2) is 0 Å². The van der Waals surface area contributed by atoms with E-state index < -0.39 is 8.07 Å². The van der Waals surface area contributed by atoms with E-state index in [1.807, 2.05) is 12.3 Å². The van der Waals surface area contributed by atoms with Crippen molar-refractivity contribution >= 4 is 35.2 Å². The molecule has 1 radical (unpaired) electrons. The summed E-state index contributed by atoms with van der Waals surface area (Å²) in [4.78, 5) is 9.56. The molecule has 10 rings (SSSR count). The van der Waals surface area contributed by atoms with E-state index >= 15 is 0 Å². The average molecular weight is 1010 g/mol. The van der Waals surface area contributed by atoms with Crippen LogP contribution in [0, 0.1) is 37.8 Å². The molecule has 5 heteroatoms. The largest absolute Gasteiger partial charge is 0.500 e. The first-order chi connectivity index (χ1) is 29.7. The van der Waals surface area contributed by atoms with E-state index in [1.54, 1.807) is 10.8 Å². The van der Waals surface area contributed by atoms with Crippen LogP contribution in [0.5, 0.6) is 0 Å². The van der Waals surface area contributed by atoms with E-state index in [0.29, 0.717) is 0 Å². The summed E-state index contributed by atoms with van der Waals surface area (Å²) in [5.41, 5.74) is 15.6. The van der Waals surface area contributed by atoms with Gasteiger partial charge in [0.05, 0.1) is 13.7 Å². The van der Waals surface area contributed by atoms with Gasteiger partial charge >= 0.3 is 0 Å². The molecule has 3 nitrogen and oxygen atoms in total. The molecule has 3 saturated carbocycles. The molecule has 3 aromatic heterocycles. The second-order valence-electron chi connectivity index (χ2n) is 19.8. The Bertz CT molecular complexity index is 2580. The van der Waals surface area contributed by atoms with Gasteiger partial charge in [-0.05, 0) is 89.5 Å². The molecule has 3 aliphatic carbocycles. The molecule has 7 aromatic rings. The summed E-state index contributed by atoms with van der Waals surface area (Å²) in [6, 6.07) is 37.8. The van der Waals surface area contributed by atoms with Gasteiger partial charge < -0.3 is 14.4 Å². The molecule has 62 heavy (non-hydrogen) atoms. The summed E-state index contributed by atoms with van der Waals surface area (Å²) in [7, 11) is -1.38. The zero-order chi connectivity index (χ0) is 41.9. The summed E-state index contributed by atoms with van der Waals surface area (Å²) in [6.45, 7) is 11.7. The fourth-order valence-electron chi connectivity index (χ4n) is 10.9. The molecule has 323 valence electrons. The molecule has 4 aromatic carbocycles. The molecule has 3 aliphatic rings. The van der Waals surface area contributed by atoms with Crippen molar-refractivity contribution in [1.29, 1.82) is 0 Å². The Labute approximate surface area is 385 Å². The minimum atomic E-state index is -1.38. The van der Waals surface area contributed by atoms with Gasteiger partial charge in [-0.1, -0.05) is 168 Å². The first kappa shape index (κ1) is 44.5. The molecule has 0 N–H and O–H groups in total. The Morgan fingerprint density at radius 1 is 0.629 bits per heavy atom. The second-order valence-corrected chi connectivity index (χ2v) is 24.8. The number of aromatic nitrogens is 2. The van der Waals surface area contributed by atoms with Crippen molar-refractivity contribution in [1.82, 2.24) is 9.97 Å². The van der Waals surface area contributed by atoms with Crippen molar-refractivity contribution in [3.05, 3.63) is 137 Å². The van der Waals surface area contributed by atoms with Crippen LogP contribution in [0.1, 0.15) is 117 Å². The van der Waals surface area contributed by atoms with E-state index in [-0.39, 0.29) is 20.1 Å². The van der Waals surface area contributed by atoms with Crippen molar-refractivity contribution in [2.45, 2.75) is 136 Å². The van der Waals surface area contributed by atoms with Crippen molar-refractivity contribution in [3.63, 3.8) is 0 Å². The van der Waals surface area contributed by atoms with Gasteiger partial charge in [-0.3, -0.25) is 0 Å². The zero-order valence-corrected chi connectivity index (χ0v) is 41.1. The number of hydrogen-bond donors (Lipinski definition) is 0. The van der Waals surface area contributed by atoms with E-state index in [0.717, 1.165) is 68.6 Å². The van der Waals surface area contributed by atoms with Crippen LogP contribution in [-0.4, -0.2) is 18.0 Å². The summed E-state index contributed by atoms with van der Waals surface area (Å²) in [5.74, 6) is 2.46. The van der Waals surface area contributed by atoms with Gasteiger partial charge in [0.1, 0.15) is 5.58 Å². The fourth-order valence-corrected chi connectivity index (χ4v) is 12.5. The van der Waals surface area contributed by atoms with E-state index in [9.17, 15) is 0 Å². The van der Waals surface area contributed by atoms with Crippen molar-refractivity contribution < 1.29 is 24.5 Å². The number of pyridine rings is 2. The molecule has 3 heterocycles. The summed E-state index contributed by atoms with van der Waals surface area (Å²) >= 11 is 0. The van der Waals surface area contributed by atoms with Crippen LogP contribution in [0.2, 0.25) is 19.6 Å². The summed E-state index contributed by atoms with van der Waals surface area (Å²) in [6.07, 6.45) is 24.6. The van der Waals surface area contributed by atoms with Crippen LogP contribution in [0.4, 0.5) is 0 Å². The van der Waals surface area contributed by atoms with E-state index in [2.05, 4.69) is 136 Å². The summed E-state index contributed by atoms with van der Waals surface area (Å²) in [5, 5.41) is 3.81. The Kier molecular flexibility index (Phi) is 14.1. The van der Waals surface area contributed by atoms with E-state index in [4.69, 9.17) is 9.40 Å². The number of hydrogen-bond acceptors (Lipinski definition) is 3. The number of fused-ring (bicyclic) bond motifs is 3. The van der Waals surface area contributed by atoms with Gasteiger partial charge in [-0.15, -0.1) is 59.2 Å². The Balaban J connectivity index is 0.000000170. The number of benzene rings is 4. The van der Waals surface area contributed by atoms with Gasteiger partial charge in [-0.2, -0.15) is 0 Å². The van der Waals surface area contributed by atoms with Crippen LogP contribution in [0.15, 0.2) is 102 Å². The Morgan fingerprint density at radius 3 is 2.00 bits per heavy atom. The minimum absolute atomic E-state index is 0. The second kappa shape index (κ2) is 19.7. The third-order valence-corrected chi connectivity index (χ3v) is 16.3. The third-order valence-electron chi connectivity index (χ3n) is 14.2. The Hall–Kier alpha value is -4.15. The molecule has 0 amide bonds. The fraction of sp³-hybridized carbons (Fsp3) is 0.404. The van der Waals surface area contributed by atoms with Gasteiger partial charge in [0, 0.05) is 37.9 Å². The third kappa shape index (κ3) is 10.1. The zero-order valence-electron chi connectivity index (χ0n) is 37.7. The van der Waals surface area contributed by atoms with Crippen LogP contribution in [0.25, 0.3) is 55.6 Å². The number of aryl methyl sites for hydroxylation is 2. The average Bonchev–Trinajstić information content (AvgIpc) is 4.06. The van der Waals surface area contributed by atoms with Crippen LogP contribution < -0.4 is 5.19 Å². The first-order valence-corrected chi connectivity index (χ1v) is 27.1. The maximum absolute atomic E-state index is 6.25. The van der Waals surface area contributed by atoms with Gasteiger partial charge in [0.25, 0.3) is 0 Å². The predicted molar refractivity (Wildman–Crippen MR) is 259 cm³/mol. The topological polar surface area (TPSA) is 38.9 Å². The molecule has 3 fully saturated rings. The quantitative estimate of drug-likeness (QED) is 0.107. The normalized spacial score (nSPS) is 16.4. The minimum Gasteiger partial charge on any atom is -0.500 e. The first-order valence-electron chi connectivity index (χ1n) is 23.6. The molecule has 0 spiro atoms. The summed E-state index contributed by atoms with van der Waals surface area (Å²) < 4.78 is 6.25. The van der Waals surface area contributed by atoms with Gasteiger partial charge in [0.15, 0.2) is 0 Å². The van der Waals surface area contributed by atoms with Crippen molar-refractivity contribution in [3.8, 4) is 33.6 Å². The molecule has 0 unspecified atom stereocenters. The standard InChI is InChI=1S/C31H28NO.C26H36NSi.Ir/c1-20-6-5-7-21(2)31(20)25-10-12-26-27-18-24(11-13-29(27)33-30(26)19-25)28-17-23(14-15-32-28)16-22-8-3-4-9-22;1-28(2,3)26-19-27-25(18-24(26)17-20-9-7-8-10-20)23-15-13-22(14-16-23)21-11-5-4-6-12-21;/h5-7,10,12-15,17-19,22H,3-4,8-9,16H2,1-2H3;13-15,18-21H,4-12,17H2,1-3H3;/q2*-1;.